The zero-order valence-electron chi connectivity index (χ0n) is 14.3. The summed E-state index contributed by atoms with van der Waals surface area (Å²) in [5, 5.41) is 0. The van der Waals surface area contributed by atoms with E-state index in [4.69, 9.17) is 5.73 Å². The maximum Gasteiger partial charge on any atom is 0.140 e. The molecule has 0 aromatic rings. The molecular formula is C17H29N4P. The molecule has 1 aliphatic rings. The summed E-state index contributed by atoms with van der Waals surface area (Å²) < 4.78 is 0. The molecule has 22 heavy (non-hydrogen) atoms. The number of hydrogen-bond acceptors (Lipinski definition) is 3. The Morgan fingerprint density at radius 3 is 2.45 bits per heavy atom. The monoisotopic (exact) mass is 320 g/mol. The molecule has 0 aliphatic carbocycles. The zero-order chi connectivity index (χ0) is 16.5. The van der Waals surface area contributed by atoms with Crippen LogP contribution in [0, 0.1) is 0 Å². The largest absolute Gasteiger partial charge is 0.382 e. The van der Waals surface area contributed by atoms with E-state index in [1.165, 1.54) is 12.3 Å². The van der Waals surface area contributed by atoms with Crippen LogP contribution >= 0.6 is 8.58 Å². The van der Waals surface area contributed by atoms with Crippen LogP contribution in [0.3, 0.4) is 0 Å². The van der Waals surface area contributed by atoms with Gasteiger partial charge in [0.15, 0.2) is 0 Å². The average Bonchev–Trinajstić information content (AvgIpc) is 2.51. The molecule has 0 aromatic heterocycles. The second kappa shape index (κ2) is 9.68. The van der Waals surface area contributed by atoms with E-state index in [2.05, 4.69) is 28.5 Å². The van der Waals surface area contributed by atoms with Gasteiger partial charge in [-0.25, -0.2) is 4.99 Å². The van der Waals surface area contributed by atoms with Crippen molar-refractivity contribution in [2.45, 2.75) is 53.0 Å². The van der Waals surface area contributed by atoms with Crippen LogP contribution in [-0.4, -0.2) is 36.1 Å². The fourth-order valence-corrected chi connectivity index (χ4v) is 3.66. The van der Waals surface area contributed by atoms with E-state index in [-0.39, 0.29) is 0 Å². The lowest BCUT2D eigenvalue weighted by atomic mass is 10.1. The Morgan fingerprint density at radius 1 is 1.32 bits per heavy atom. The molecular weight excluding hydrogens is 291 g/mol. The van der Waals surface area contributed by atoms with Crippen LogP contribution in [0.4, 0.5) is 0 Å². The molecule has 2 N–H and O–H groups in total. The van der Waals surface area contributed by atoms with Gasteiger partial charge in [0.2, 0.25) is 0 Å². The third-order valence-electron chi connectivity index (χ3n) is 3.58. The van der Waals surface area contributed by atoms with Crippen molar-refractivity contribution in [2.75, 3.05) is 12.3 Å². The number of nitrogens with two attached hydrogens (primary N) is 1. The van der Waals surface area contributed by atoms with Crippen molar-refractivity contribution in [3.8, 4) is 0 Å². The number of aliphatic imine (C=N–C) groups is 3. The molecule has 0 spiro atoms. The van der Waals surface area contributed by atoms with Gasteiger partial charge in [0.05, 0.1) is 23.1 Å². The van der Waals surface area contributed by atoms with Gasteiger partial charge in [-0.1, -0.05) is 13.5 Å². The van der Waals surface area contributed by atoms with Gasteiger partial charge in [0.25, 0.3) is 0 Å². The molecule has 1 fully saturated rings. The van der Waals surface area contributed by atoms with Crippen LogP contribution in [0.1, 0.15) is 47.0 Å². The van der Waals surface area contributed by atoms with Gasteiger partial charge in [-0.05, 0) is 57.9 Å². The molecule has 0 bridgehead atoms. The number of nitrogens with zero attached hydrogens (tertiary/aromatic N) is 3. The van der Waals surface area contributed by atoms with Crippen molar-refractivity contribution in [2.24, 2.45) is 20.7 Å². The van der Waals surface area contributed by atoms with Crippen LogP contribution in [0.25, 0.3) is 0 Å². The summed E-state index contributed by atoms with van der Waals surface area (Å²) in [6.07, 6.45) is 7.45. The summed E-state index contributed by atoms with van der Waals surface area (Å²) in [7, 11) is 1.09. The van der Waals surface area contributed by atoms with Gasteiger partial charge in [-0.3, -0.25) is 9.98 Å². The summed E-state index contributed by atoms with van der Waals surface area (Å²) in [5.74, 6) is 0.546. The van der Waals surface area contributed by atoms with E-state index in [0.29, 0.717) is 11.9 Å². The Bertz CT molecular complexity index is 509. The lowest BCUT2D eigenvalue weighted by Crippen LogP contribution is -2.26. The van der Waals surface area contributed by atoms with Gasteiger partial charge in [0, 0.05) is 6.21 Å². The molecule has 0 radical (unpaired) electrons. The highest BCUT2D eigenvalue weighted by Crippen LogP contribution is 2.24. The van der Waals surface area contributed by atoms with Crippen molar-refractivity contribution in [1.82, 2.24) is 0 Å². The third kappa shape index (κ3) is 5.84. The van der Waals surface area contributed by atoms with Gasteiger partial charge in [0.1, 0.15) is 5.84 Å². The second-order valence-electron chi connectivity index (χ2n) is 5.51. The number of hydrogen-bond donors (Lipinski definition) is 1. The van der Waals surface area contributed by atoms with E-state index < -0.39 is 0 Å². The Balaban J connectivity index is 3.04. The summed E-state index contributed by atoms with van der Waals surface area (Å²) in [6.45, 7) is 11.8. The molecule has 1 heterocycles. The van der Waals surface area contributed by atoms with E-state index in [9.17, 15) is 0 Å². The first-order chi connectivity index (χ1) is 10.5. The van der Waals surface area contributed by atoms with E-state index in [1.807, 2.05) is 20.8 Å². The molecule has 122 valence electrons. The topological polar surface area (TPSA) is 63.1 Å². The van der Waals surface area contributed by atoms with Crippen molar-refractivity contribution in [3.05, 3.63) is 23.5 Å². The van der Waals surface area contributed by atoms with Crippen LogP contribution in [0.15, 0.2) is 38.5 Å². The summed E-state index contributed by atoms with van der Waals surface area (Å²) in [5.41, 5.74) is 9.54. The standard InChI is InChI=1S/C17H29N4P/c1-6-15(19-7-2)16(12(3)4)20-13(5)17(18)21-14-8-10-22-11-9-14/h7,14,22H,3,6,8-11H2,1-2,4-5H3,(H2,18,21)/b16-15+,19-7?,20-13?. The number of amidine groups is 1. The minimum absolute atomic E-state index is 0.364. The van der Waals surface area contributed by atoms with Gasteiger partial charge in [-0.2, -0.15) is 0 Å². The summed E-state index contributed by atoms with van der Waals surface area (Å²) >= 11 is 0. The predicted molar refractivity (Wildman–Crippen MR) is 102 cm³/mol. The Hall–Kier alpha value is -1.28. The van der Waals surface area contributed by atoms with Crippen LogP contribution in [-0.2, 0) is 0 Å². The minimum Gasteiger partial charge on any atom is -0.382 e. The molecule has 0 saturated carbocycles. The van der Waals surface area contributed by atoms with Crippen LogP contribution < -0.4 is 5.73 Å². The molecule has 0 aromatic carbocycles. The molecule has 0 atom stereocenters. The minimum atomic E-state index is 0.364. The third-order valence-corrected chi connectivity index (χ3v) is 4.86. The summed E-state index contributed by atoms with van der Waals surface area (Å²) in [4.78, 5) is 13.7. The molecule has 5 heteroatoms. The molecule has 4 nitrogen and oxygen atoms in total. The highest BCUT2D eigenvalue weighted by Gasteiger charge is 2.13. The maximum absolute atomic E-state index is 6.14. The SMILES string of the molecule is C=C(C)/C(N=C(C)C(N)=NC1CCPCC1)=C(/CC)N=CC. The normalized spacial score (nSPS) is 23.0. The predicted octanol–water partition coefficient (Wildman–Crippen LogP) is 3.93. The van der Waals surface area contributed by atoms with Crippen molar-refractivity contribution < 1.29 is 0 Å². The fraction of sp³-hybridized carbons (Fsp3) is 0.588. The quantitative estimate of drug-likeness (QED) is 0.343. The van der Waals surface area contributed by atoms with Gasteiger partial charge < -0.3 is 5.73 Å². The maximum atomic E-state index is 6.14. The Morgan fingerprint density at radius 2 is 1.95 bits per heavy atom. The molecule has 1 aliphatic heterocycles. The highest BCUT2D eigenvalue weighted by atomic mass is 31.1. The smallest absolute Gasteiger partial charge is 0.140 e. The Labute approximate surface area is 136 Å². The van der Waals surface area contributed by atoms with E-state index >= 15 is 0 Å². The van der Waals surface area contributed by atoms with Crippen molar-refractivity contribution in [3.63, 3.8) is 0 Å². The number of rotatable bonds is 6. The van der Waals surface area contributed by atoms with Crippen molar-refractivity contribution in [1.29, 1.82) is 0 Å². The lowest BCUT2D eigenvalue weighted by Gasteiger charge is -2.18. The van der Waals surface area contributed by atoms with E-state index in [0.717, 1.165) is 50.5 Å². The Kier molecular flexibility index (Phi) is 8.26. The second-order valence-corrected chi connectivity index (χ2v) is 7.01. The fourth-order valence-electron chi connectivity index (χ4n) is 2.33. The number of allylic oxidation sites excluding steroid dienone is 2. The first kappa shape index (κ1) is 18.8. The zero-order valence-corrected chi connectivity index (χ0v) is 15.3. The van der Waals surface area contributed by atoms with Crippen molar-refractivity contribution >= 4 is 26.3 Å². The van der Waals surface area contributed by atoms with Gasteiger partial charge >= 0.3 is 0 Å². The summed E-state index contributed by atoms with van der Waals surface area (Å²) in [6, 6.07) is 0.364. The molecule has 0 amide bonds. The highest BCUT2D eigenvalue weighted by molar-refractivity contribution is 7.38. The molecule has 1 rings (SSSR count). The van der Waals surface area contributed by atoms with Gasteiger partial charge in [-0.15, -0.1) is 8.58 Å². The van der Waals surface area contributed by atoms with Crippen LogP contribution in [0.2, 0.25) is 0 Å². The molecule has 1 saturated heterocycles. The molecule has 0 unspecified atom stereocenters. The average molecular weight is 320 g/mol. The van der Waals surface area contributed by atoms with E-state index in [1.54, 1.807) is 6.21 Å². The van der Waals surface area contributed by atoms with Crippen LogP contribution in [0.5, 0.6) is 0 Å². The first-order valence-electron chi connectivity index (χ1n) is 7.96. The lowest BCUT2D eigenvalue weighted by molar-refractivity contribution is 0.624. The first-order valence-corrected chi connectivity index (χ1v) is 9.38.